The van der Waals surface area contributed by atoms with E-state index in [0.717, 1.165) is 39.0 Å². The van der Waals surface area contributed by atoms with Gasteiger partial charge in [-0.25, -0.2) is 0 Å². The average molecular weight is 315 g/mol. The predicted octanol–water partition coefficient (Wildman–Crippen LogP) is 1.21. The SMILES string of the molecule is Cc1oncc1C(=O)N1CCC2(CCN2Cc2cnn(C)c2)C1. The highest BCUT2D eigenvalue weighted by Crippen LogP contribution is 2.40. The van der Waals surface area contributed by atoms with E-state index in [1.807, 2.05) is 22.8 Å². The van der Waals surface area contributed by atoms with E-state index in [2.05, 4.69) is 21.4 Å². The number of likely N-dealkylation sites (tertiary alicyclic amines) is 2. The molecule has 2 saturated heterocycles. The first-order valence-corrected chi connectivity index (χ1v) is 8.00. The average Bonchev–Trinajstić information content (AvgIpc) is 3.23. The van der Waals surface area contributed by atoms with Crippen LogP contribution in [0.2, 0.25) is 0 Å². The van der Waals surface area contributed by atoms with Gasteiger partial charge in [-0.2, -0.15) is 5.10 Å². The highest BCUT2D eigenvalue weighted by molar-refractivity contribution is 5.95. The van der Waals surface area contributed by atoms with Gasteiger partial charge >= 0.3 is 0 Å². The Hall–Kier alpha value is -2.15. The Bertz CT molecular complexity index is 736. The van der Waals surface area contributed by atoms with Crippen molar-refractivity contribution in [2.24, 2.45) is 7.05 Å². The molecule has 2 aromatic rings. The molecule has 7 nitrogen and oxygen atoms in total. The number of hydrogen-bond acceptors (Lipinski definition) is 5. The van der Waals surface area contributed by atoms with Crippen molar-refractivity contribution in [3.05, 3.63) is 35.5 Å². The fourth-order valence-electron chi connectivity index (χ4n) is 3.77. The van der Waals surface area contributed by atoms with Gasteiger partial charge in [0.05, 0.1) is 12.4 Å². The van der Waals surface area contributed by atoms with E-state index in [4.69, 9.17) is 4.52 Å². The summed E-state index contributed by atoms with van der Waals surface area (Å²) >= 11 is 0. The van der Waals surface area contributed by atoms with Crippen molar-refractivity contribution in [3.63, 3.8) is 0 Å². The third-order valence-corrected chi connectivity index (χ3v) is 5.25. The molecule has 1 unspecified atom stereocenters. The van der Waals surface area contributed by atoms with Gasteiger partial charge in [0.1, 0.15) is 11.3 Å². The van der Waals surface area contributed by atoms with Crippen LogP contribution in [-0.4, -0.2) is 55.8 Å². The lowest BCUT2D eigenvalue weighted by molar-refractivity contribution is -0.0131. The Kier molecular flexibility index (Phi) is 3.26. The fourth-order valence-corrected chi connectivity index (χ4v) is 3.77. The maximum Gasteiger partial charge on any atom is 0.259 e. The Morgan fingerprint density at radius 2 is 2.17 bits per heavy atom. The molecule has 0 aliphatic carbocycles. The number of nitrogens with zero attached hydrogens (tertiary/aromatic N) is 5. The van der Waals surface area contributed by atoms with Crippen LogP contribution in [0.1, 0.15) is 34.5 Å². The molecular weight excluding hydrogens is 294 g/mol. The normalized spacial score (nSPS) is 24.3. The van der Waals surface area contributed by atoms with Gasteiger partial charge in [-0.1, -0.05) is 5.16 Å². The second-order valence-corrected chi connectivity index (χ2v) is 6.69. The summed E-state index contributed by atoms with van der Waals surface area (Å²) in [6, 6.07) is 0. The van der Waals surface area contributed by atoms with Crippen molar-refractivity contribution in [3.8, 4) is 0 Å². The molecule has 0 N–H and O–H groups in total. The van der Waals surface area contributed by atoms with E-state index in [9.17, 15) is 4.79 Å². The zero-order chi connectivity index (χ0) is 16.0. The van der Waals surface area contributed by atoms with Gasteiger partial charge < -0.3 is 9.42 Å². The summed E-state index contributed by atoms with van der Waals surface area (Å²) in [5.74, 6) is 0.630. The predicted molar refractivity (Wildman–Crippen MR) is 82.7 cm³/mol. The molecule has 0 bridgehead atoms. The first kappa shape index (κ1) is 14.4. The Balaban J connectivity index is 1.45. The minimum absolute atomic E-state index is 0.0360. The molecule has 23 heavy (non-hydrogen) atoms. The van der Waals surface area contributed by atoms with Gasteiger partial charge in [-0.05, 0) is 19.8 Å². The topological polar surface area (TPSA) is 67.4 Å². The van der Waals surface area contributed by atoms with Crippen molar-refractivity contribution in [2.75, 3.05) is 19.6 Å². The minimum Gasteiger partial charge on any atom is -0.361 e. The Morgan fingerprint density at radius 1 is 1.35 bits per heavy atom. The monoisotopic (exact) mass is 315 g/mol. The van der Waals surface area contributed by atoms with Gasteiger partial charge in [0, 0.05) is 50.5 Å². The summed E-state index contributed by atoms with van der Waals surface area (Å²) in [4.78, 5) is 17.0. The van der Waals surface area contributed by atoms with Crippen LogP contribution in [0.4, 0.5) is 0 Å². The summed E-state index contributed by atoms with van der Waals surface area (Å²) < 4.78 is 6.86. The van der Waals surface area contributed by atoms with Gasteiger partial charge in [0.2, 0.25) is 0 Å². The van der Waals surface area contributed by atoms with Crippen LogP contribution in [0.25, 0.3) is 0 Å². The molecule has 4 rings (SSSR count). The van der Waals surface area contributed by atoms with Crippen LogP contribution in [0, 0.1) is 6.92 Å². The highest BCUT2D eigenvalue weighted by Gasteiger charge is 2.50. The second-order valence-electron chi connectivity index (χ2n) is 6.69. The molecule has 2 aromatic heterocycles. The molecule has 2 fully saturated rings. The molecule has 1 amide bonds. The van der Waals surface area contributed by atoms with Crippen LogP contribution in [0.15, 0.2) is 23.1 Å². The molecule has 4 heterocycles. The number of amides is 1. The molecule has 0 radical (unpaired) electrons. The standard InChI is InChI=1S/C16H21N5O2/c1-12-14(8-18-23-12)15(22)20-5-3-16(11-20)4-6-21(16)10-13-7-17-19(2)9-13/h7-9H,3-6,10-11H2,1-2H3. The van der Waals surface area contributed by atoms with Gasteiger partial charge in [0.15, 0.2) is 0 Å². The van der Waals surface area contributed by atoms with Crippen LogP contribution < -0.4 is 0 Å². The van der Waals surface area contributed by atoms with Gasteiger partial charge in [-0.15, -0.1) is 0 Å². The first-order valence-electron chi connectivity index (χ1n) is 8.00. The summed E-state index contributed by atoms with van der Waals surface area (Å²) in [7, 11) is 1.94. The summed E-state index contributed by atoms with van der Waals surface area (Å²) in [6.07, 6.45) is 7.69. The van der Waals surface area contributed by atoms with Crippen molar-refractivity contribution in [2.45, 2.75) is 31.8 Å². The van der Waals surface area contributed by atoms with E-state index in [0.29, 0.717) is 11.3 Å². The third-order valence-electron chi connectivity index (χ3n) is 5.25. The Morgan fingerprint density at radius 3 is 2.78 bits per heavy atom. The number of rotatable bonds is 3. The number of aromatic nitrogens is 3. The molecule has 7 heteroatoms. The zero-order valence-corrected chi connectivity index (χ0v) is 13.5. The van der Waals surface area contributed by atoms with E-state index in [-0.39, 0.29) is 11.4 Å². The summed E-state index contributed by atoms with van der Waals surface area (Å²) in [5.41, 5.74) is 1.95. The van der Waals surface area contributed by atoms with Gasteiger partial charge in [-0.3, -0.25) is 14.4 Å². The van der Waals surface area contributed by atoms with E-state index in [1.165, 1.54) is 11.8 Å². The van der Waals surface area contributed by atoms with Crippen LogP contribution in [-0.2, 0) is 13.6 Å². The van der Waals surface area contributed by atoms with Crippen LogP contribution >= 0.6 is 0 Å². The molecule has 0 aromatic carbocycles. The summed E-state index contributed by atoms with van der Waals surface area (Å²) in [6.45, 7) is 5.36. The molecule has 2 aliphatic heterocycles. The van der Waals surface area contributed by atoms with Crippen LogP contribution in [0.5, 0.6) is 0 Å². The zero-order valence-electron chi connectivity index (χ0n) is 13.5. The highest BCUT2D eigenvalue weighted by atomic mass is 16.5. The third kappa shape index (κ3) is 2.35. The van der Waals surface area contributed by atoms with Crippen molar-refractivity contribution >= 4 is 5.91 Å². The van der Waals surface area contributed by atoms with Crippen molar-refractivity contribution in [1.29, 1.82) is 0 Å². The molecule has 2 aliphatic rings. The van der Waals surface area contributed by atoms with Crippen molar-refractivity contribution < 1.29 is 9.32 Å². The quantitative estimate of drug-likeness (QED) is 0.851. The lowest BCUT2D eigenvalue weighted by Gasteiger charge is -2.50. The van der Waals surface area contributed by atoms with Gasteiger partial charge in [0.25, 0.3) is 5.91 Å². The van der Waals surface area contributed by atoms with Crippen LogP contribution in [0.3, 0.4) is 0 Å². The maximum absolute atomic E-state index is 12.6. The van der Waals surface area contributed by atoms with E-state index >= 15 is 0 Å². The lowest BCUT2D eigenvalue weighted by Crippen LogP contribution is -2.60. The Labute approximate surface area is 134 Å². The molecule has 0 saturated carbocycles. The number of hydrogen-bond donors (Lipinski definition) is 0. The fraction of sp³-hybridized carbons (Fsp3) is 0.562. The second kappa shape index (κ2) is 5.19. The number of aryl methyl sites for hydroxylation is 2. The molecule has 1 atom stereocenters. The number of carbonyl (C=O) groups excluding carboxylic acids is 1. The lowest BCUT2D eigenvalue weighted by atomic mass is 9.83. The maximum atomic E-state index is 12.6. The summed E-state index contributed by atoms with van der Waals surface area (Å²) in [5, 5.41) is 7.95. The van der Waals surface area contributed by atoms with Crippen molar-refractivity contribution in [1.82, 2.24) is 24.7 Å². The molecular formula is C16H21N5O2. The molecule has 122 valence electrons. The molecule has 1 spiro atoms. The smallest absolute Gasteiger partial charge is 0.259 e. The van der Waals surface area contributed by atoms with E-state index in [1.54, 1.807) is 6.92 Å². The largest absolute Gasteiger partial charge is 0.361 e. The first-order chi connectivity index (χ1) is 11.1. The number of carbonyl (C=O) groups is 1. The minimum atomic E-state index is 0.0360. The van der Waals surface area contributed by atoms with E-state index < -0.39 is 0 Å².